The van der Waals surface area contributed by atoms with E-state index in [-0.39, 0.29) is 11.9 Å². The summed E-state index contributed by atoms with van der Waals surface area (Å²) in [7, 11) is 0. The van der Waals surface area contributed by atoms with Crippen molar-refractivity contribution < 1.29 is 14.3 Å². The first-order valence-corrected chi connectivity index (χ1v) is 10.9. The molecule has 1 aliphatic rings. The molecule has 1 saturated heterocycles. The first kappa shape index (κ1) is 21.8. The predicted octanol–water partition coefficient (Wildman–Crippen LogP) is 3.55. The second-order valence-electron chi connectivity index (χ2n) is 8.16. The summed E-state index contributed by atoms with van der Waals surface area (Å²) in [4.78, 5) is 24.7. The van der Waals surface area contributed by atoms with Crippen molar-refractivity contribution in [2.24, 2.45) is 5.73 Å². The third-order valence-corrected chi connectivity index (χ3v) is 6.00. The van der Waals surface area contributed by atoms with Crippen LogP contribution in [-0.2, 0) is 11.3 Å². The van der Waals surface area contributed by atoms with Gasteiger partial charge in [-0.3, -0.25) is 14.3 Å². The van der Waals surface area contributed by atoms with Crippen molar-refractivity contribution in [2.45, 2.75) is 39.3 Å². The fraction of sp³-hybridized carbons (Fsp3) is 0.320. The Morgan fingerprint density at radius 1 is 1.09 bits per heavy atom. The minimum Gasteiger partial charge on any atom is -0.381 e. The maximum absolute atomic E-state index is 12.5. The van der Waals surface area contributed by atoms with E-state index in [1.54, 1.807) is 0 Å². The molecule has 3 aromatic rings. The zero-order valence-electron chi connectivity index (χ0n) is 18.4. The van der Waals surface area contributed by atoms with Crippen LogP contribution in [0.2, 0.25) is 0 Å². The number of aryl methyl sites for hydroxylation is 1. The Hall–Kier alpha value is -3.45. The van der Waals surface area contributed by atoms with Crippen LogP contribution in [0.25, 0.3) is 11.3 Å². The number of aromatic nitrogens is 2. The zero-order chi connectivity index (χ0) is 22.7. The van der Waals surface area contributed by atoms with Gasteiger partial charge >= 0.3 is 0 Å². The molecule has 0 radical (unpaired) electrons. The first-order valence-electron chi connectivity index (χ1n) is 10.9. The number of amides is 2. The third-order valence-electron chi connectivity index (χ3n) is 6.00. The smallest absolute Gasteiger partial charge is 0.252 e. The van der Waals surface area contributed by atoms with E-state index < -0.39 is 5.91 Å². The molecule has 0 aliphatic carbocycles. The molecule has 32 heavy (non-hydrogen) atoms. The Morgan fingerprint density at radius 3 is 2.44 bits per heavy atom. The quantitative estimate of drug-likeness (QED) is 0.622. The highest BCUT2D eigenvalue weighted by Gasteiger charge is 2.25. The SMILES string of the molecule is Cc1ccccc1C(=O)NCc1ccc(-c2nn(C3CCOCC3)c(C)c2C(N)=O)cc1. The Morgan fingerprint density at radius 2 is 1.78 bits per heavy atom. The van der Waals surface area contributed by atoms with Crippen molar-refractivity contribution in [1.29, 1.82) is 0 Å². The number of ether oxygens (including phenoxy) is 1. The van der Waals surface area contributed by atoms with Gasteiger partial charge in [-0.2, -0.15) is 5.10 Å². The minimum absolute atomic E-state index is 0.103. The van der Waals surface area contributed by atoms with Gasteiger partial charge in [0.1, 0.15) is 5.69 Å². The molecule has 0 spiro atoms. The Kier molecular flexibility index (Phi) is 6.37. The normalized spacial score (nSPS) is 14.3. The van der Waals surface area contributed by atoms with Crippen molar-refractivity contribution in [1.82, 2.24) is 15.1 Å². The van der Waals surface area contributed by atoms with Crippen molar-refractivity contribution in [3.8, 4) is 11.3 Å². The maximum atomic E-state index is 12.5. The summed E-state index contributed by atoms with van der Waals surface area (Å²) in [5, 5.41) is 7.73. The number of carbonyl (C=O) groups is 2. The number of primary amides is 1. The largest absolute Gasteiger partial charge is 0.381 e. The summed E-state index contributed by atoms with van der Waals surface area (Å²) in [6.07, 6.45) is 1.72. The lowest BCUT2D eigenvalue weighted by molar-refractivity contribution is 0.0657. The predicted molar refractivity (Wildman–Crippen MR) is 122 cm³/mol. The molecule has 1 aliphatic heterocycles. The van der Waals surface area contributed by atoms with Crippen LogP contribution in [-0.4, -0.2) is 34.8 Å². The summed E-state index contributed by atoms with van der Waals surface area (Å²) < 4.78 is 7.38. The molecule has 4 rings (SSSR count). The molecule has 0 bridgehead atoms. The molecule has 2 heterocycles. The number of hydrogen-bond acceptors (Lipinski definition) is 4. The molecule has 0 atom stereocenters. The fourth-order valence-electron chi connectivity index (χ4n) is 4.19. The molecule has 3 N–H and O–H groups in total. The van der Waals surface area contributed by atoms with Gasteiger partial charge in [0.15, 0.2) is 0 Å². The second-order valence-corrected chi connectivity index (χ2v) is 8.16. The van der Waals surface area contributed by atoms with Gasteiger partial charge in [-0.25, -0.2) is 0 Å². The van der Waals surface area contributed by atoms with E-state index >= 15 is 0 Å². The van der Waals surface area contributed by atoms with Gasteiger partial charge in [-0.05, 0) is 43.9 Å². The van der Waals surface area contributed by atoms with Crippen LogP contribution in [0.3, 0.4) is 0 Å². The molecular weight excluding hydrogens is 404 g/mol. The van der Waals surface area contributed by atoms with E-state index in [1.807, 2.05) is 67.1 Å². The van der Waals surface area contributed by atoms with Gasteiger partial charge in [-0.1, -0.05) is 42.5 Å². The van der Waals surface area contributed by atoms with E-state index in [9.17, 15) is 9.59 Å². The van der Waals surface area contributed by atoms with E-state index in [1.165, 1.54) is 0 Å². The van der Waals surface area contributed by atoms with Crippen LogP contribution in [0.4, 0.5) is 0 Å². The number of hydrogen-bond donors (Lipinski definition) is 2. The lowest BCUT2D eigenvalue weighted by atomic mass is 10.0. The molecule has 7 nitrogen and oxygen atoms in total. The van der Waals surface area contributed by atoms with Gasteiger partial charge in [0.2, 0.25) is 0 Å². The topological polar surface area (TPSA) is 99.2 Å². The molecule has 1 aromatic heterocycles. The molecule has 2 amide bonds. The summed E-state index contributed by atoms with van der Waals surface area (Å²) in [5.74, 6) is -0.584. The maximum Gasteiger partial charge on any atom is 0.252 e. The third kappa shape index (κ3) is 4.43. The summed E-state index contributed by atoms with van der Waals surface area (Å²) in [6, 6.07) is 15.4. The van der Waals surface area contributed by atoms with E-state index in [0.717, 1.165) is 35.2 Å². The molecule has 1 fully saturated rings. The highest BCUT2D eigenvalue weighted by Crippen LogP contribution is 2.30. The molecule has 0 unspecified atom stereocenters. The second kappa shape index (κ2) is 9.36. The number of nitrogens with zero attached hydrogens (tertiary/aromatic N) is 2. The van der Waals surface area contributed by atoms with Crippen LogP contribution < -0.4 is 11.1 Å². The summed E-state index contributed by atoms with van der Waals surface area (Å²) in [6.45, 7) is 5.59. The van der Waals surface area contributed by atoms with Gasteiger partial charge in [0, 0.05) is 36.6 Å². The molecule has 166 valence electrons. The van der Waals surface area contributed by atoms with E-state index in [0.29, 0.717) is 36.6 Å². The van der Waals surface area contributed by atoms with Gasteiger partial charge in [-0.15, -0.1) is 0 Å². The molecular formula is C25H28N4O3. The first-order chi connectivity index (χ1) is 15.5. The standard InChI is InChI=1S/C25H28N4O3/c1-16-5-3-4-6-21(16)25(31)27-15-18-7-9-19(10-8-18)23-22(24(26)30)17(2)29(28-23)20-11-13-32-14-12-20/h3-10,20H,11-15H2,1-2H3,(H2,26,30)(H,27,31). The van der Waals surface area contributed by atoms with Crippen LogP contribution in [0.1, 0.15) is 56.4 Å². The Bertz CT molecular complexity index is 1130. The fourth-order valence-corrected chi connectivity index (χ4v) is 4.19. The average Bonchev–Trinajstić information content (AvgIpc) is 3.16. The number of benzene rings is 2. The Labute approximate surface area is 187 Å². The van der Waals surface area contributed by atoms with Crippen LogP contribution >= 0.6 is 0 Å². The van der Waals surface area contributed by atoms with Crippen LogP contribution in [0.5, 0.6) is 0 Å². The molecule has 0 saturated carbocycles. The van der Waals surface area contributed by atoms with Crippen LogP contribution in [0.15, 0.2) is 48.5 Å². The van der Waals surface area contributed by atoms with Crippen molar-refractivity contribution in [2.75, 3.05) is 13.2 Å². The molecule has 7 heteroatoms. The van der Waals surface area contributed by atoms with Crippen molar-refractivity contribution in [3.63, 3.8) is 0 Å². The zero-order valence-corrected chi connectivity index (χ0v) is 18.4. The highest BCUT2D eigenvalue weighted by atomic mass is 16.5. The number of carbonyl (C=O) groups excluding carboxylic acids is 2. The van der Waals surface area contributed by atoms with Gasteiger partial charge in [0.05, 0.1) is 11.6 Å². The average molecular weight is 433 g/mol. The number of nitrogens with one attached hydrogen (secondary N) is 1. The van der Waals surface area contributed by atoms with E-state index in [2.05, 4.69) is 5.32 Å². The summed E-state index contributed by atoms with van der Waals surface area (Å²) >= 11 is 0. The van der Waals surface area contributed by atoms with Crippen molar-refractivity contribution in [3.05, 3.63) is 76.5 Å². The van der Waals surface area contributed by atoms with E-state index in [4.69, 9.17) is 15.6 Å². The lowest BCUT2D eigenvalue weighted by Gasteiger charge is -2.23. The Balaban J connectivity index is 1.53. The monoisotopic (exact) mass is 432 g/mol. The molecule has 2 aromatic carbocycles. The van der Waals surface area contributed by atoms with Gasteiger partial charge in [0.25, 0.3) is 11.8 Å². The highest BCUT2D eigenvalue weighted by molar-refractivity contribution is 6.00. The lowest BCUT2D eigenvalue weighted by Crippen LogP contribution is -2.23. The minimum atomic E-state index is -0.481. The number of nitrogens with two attached hydrogens (primary N) is 1. The van der Waals surface area contributed by atoms with Crippen molar-refractivity contribution >= 4 is 11.8 Å². The van der Waals surface area contributed by atoms with Crippen LogP contribution in [0, 0.1) is 13.8 Å². The number of rotatable bonds is 6. The summed E-state index contributed by atoms with van der Waals surface area (Å²) in [5.41, 5.74) is 10.9. The van der Waals surface area contributed by atoms with Gasteiger partial charge < -0.3 is 15.8 Å².